The molecule has 1 atom stereocenters. The van der Waals surface area contributed by atoms with E-state index in [4.69, 9.17) is 10.5 Å². The zero-order valence-corrected chi connectivity index (χ0v) is 10.5. The van der Waals surface area contributed by atoms with Crippen molar-refractivity contribution >= 4 is 15.9 Å². The monoisotopic (exact) mass is 275 g/mol. The van der Waals surface area contributed by atoms with Crippen molar-refractivity contribution in [3.05, 3.63) is 28.0 Å². The van der Waals surface area contributed by atoms with Gasteiger partial charge in [-0.1, -0.05) is 6.92 Å². The van der Waals surface area contributed by atoms with E-state index in [1.54, 1.807) is 19.2 Å². The molecule has 0 saturated heterocycles. The van der Waals surface area contributed by atoms with Crippen LogP contribution in [0.4, 0.5) is 4.39 Å². The Bertz CT molecular complexity index is 344. The molecule has 0 spiro atoms. The van der Waals surface area contributed by atoms with Crippen molar-refractivity contribution in [1.82, 2.24) is 0 Å². The van der Waals surface area contributed by atoms with Crippen LogP contribution < -0.4 is 10.5 Å². The minimum absolute atomic E-state index is 0.0578. The van der Waals surface area contributed by atoms with Gasteiger partial charge in [0.05, 0.1) is 11.6 Å². The van der Waals surface area contributed by atoms with Crippen molar-refractivity contribution in [3.8, 4) is 5.75 Å². The molecule has 1 aromatic rings. The molecule has 0 bridgehead atoms. The molecule has 1 rings (SSSR count). The van der Waals surface area contributed by atoms with Crippen LogP contribution in [0, 0.1) is 5.82 Å². The predicted molar refractivity (Wildman–Crippen MR) is 62.7 cm³/mol. The third-order valence-electron chi connectivity index (χ3n) is 2.41. The first kappa shape index (κ1) is 12.5. The fourth-order valence-electron chi connectivity index (χ4n) is 1.58. The first-order chi connectivity index (χ1) is 7.11. The average Bonchev–Trinajstić information content (AvgIpc) is 2.22. The highest BCUT2D eigenvalue weighted by Gasteiger charge is 2.18. The number of halogens is 2. The molecule has 0 aliphatic heterocycles. The molecule has 0 radical (unpaired) electrons. The molecule has 4 heteroatoms. The summed E-state index contributed by atoms with van der Waals surface area (Å²) in [5, 5.41) is 0. The lowest BCUT2D eigenvalue weighted by molar-refractivity contribution is 0.398. The number of hydrogen-bond donors (Lipinski definition) is 1. The van der Waals surface area contributed by atoms with E-state index in [1.807, 2.05) is 6.92 Å². The second-order valence-corrected chi connectivity index (χ2v) is 4.31. The van der Waals surface area contributed by atoms with Crippen LogP contribution in [-0.2, 0) is 0 Å². The Morgan fingerprint density at radius 3 is 2.73 bits per heavy atom. The van der Waals surface area contributed by atoms with Crippen molar-refractivity contribution in [3.63, 3.8) is 0 Å². The summed E-state index contributed by atoms with van der Waals surface area (Å²) in [6.45, 7) is 2.48. The lowest BCUT2D eigenvalue weighted by atomic mass is 9.96. The van der Waals surface area contributed by atoms with Gasteiger partial charge in [0.15, 0.2) is 0 Å². The molecule has 84 valence electrons. The van der Waals surface area contributed by atoms with Crippen LogP contribution in [0.2, 0.25) is 0 Å². The summed E-state index contributed by atoms with van der Waals surface area (Å²) in [5.74, 6) is 0.384. The van der Waals surface area contributed by atoms with E-state index in [0.29, 0.717) is 22.3 Å². The molecule has 0 saturated carbocycles. The normalized spacial score (nSPS) is 12.6. The van der Waals surface area contributed by atoms with Crippen LogP contribution in [0.3, 0.4) is 0 Å². The Morgan fingerprint density at radius 2 is 2.20 bits per heavy atom. The van der Waals surface area contributed by atoms with Crippen LogP contribution in [0.25, 0.3) is 0 Å². The third-order valence-corrected chi connectivity index (χ3v) is 3.02. The number of ether oxygens (including phenoxy) is 1. The summed E-state index contributed by atoms with van der Waals surface area (Å²) in [5.41, 5.74) is 6.07. The first-order valence-corrected chi connectivity index (χ1v) is 5.63. The highest BCUT2D eigenvalue weighted by atomic mass is 79.9. The van der Waals surface area contributed by atoms with Crippen LogP contribution >= 0.6 is 15.9 Å². The summed E-state index contributed by atoms with van der Waals surface area (Å²) in [4.78, 5) is 0. The third kappa shape index (κ3) is 2.69. The van der Waals surface area contributed by atoms with Gasteiger partial charge in [0.2, 0.25) is 0 Å². The maximum absolute atomic E-state index is 13.9. The van der Waals surface area contributed by atoms with Gasteiger partial charge >= 0.3 is 0 Å². The molecule has 15 heavy (non-hydrogen) atoms. The van der Waals surface area contributed by atoms with Gasteiger partial charge in [0.1, 0.15) is 11.6 Å². The predicted octanol–water partition coefficient (Wildman–Crippen LogP) is 3.05. The number of nitrogens with two attached hydrogens (primary N) is 1. The van der Waals surface area contributed by atoms with E-state index in [-0.39, 0.29) is 11.7 Å². The summed E-state index contributed by atoms with van der Waals surface area (Å²) >= 11 is 3.17. The SMILES string of the molecule is COc1ccc(Br)c(F)c1C(C)CCN. The van der Waals surface area contributed by atoms with Gasteiger partial charge in [-0.15, -0.1) is 0 Å². The topological polar surface area (TPSA) is 35.2 Å². The molecule has 2 N–H and O–H groups in total. The molecule has 0 aliphatic rings. The van der Waals surface area contributed by atoms with E-state index in [1.165, 1.54) is 0 Å². The van der Waals surface area contributed by atoms with Gasteiger partial charge in [-0.25, -0.2) is 4.39 Å². The highest BCUT2D eigenvalue weighted by Crippen LogP contribution is 2.34. The van der Waals surface area contributed by atoms with E-state index in [0.717, 1.165) is 6.42 Å². The Balaban J connectivity index is 3.17. The minimum Gasteiger partial charge on any atom is -0.496 e. The van der Waals surface area contributed by atoms with E-state index >= 15 is 0 Å². The summed E-state index contributed by atoms with van der Waals surface area (Å²) in [7, 11) is 1.54. The second-order valence-electron chi connectivity index (χ2n) is 3.46. The second kappa shape index (κ2) is 5.47. The Morgan fingerprint density at radius 1 is 1.53 bits per heavy atom. The van der Waals surface area contributed by atoms with Crippen LogP contribution in [0.1, 0.15) is 24.8 Å². The molecule has 1 aromatic carbocycles. The zero-order chi connectivity index (χ0) is 11.4. The summed E-state index contributed by atoms with van der Waals surface area (Å²) < 4.78 is 19.5. The fraction of sp³-hybridized carbons (Fsp3) is 0.455. The van der Waals surface area contributed by atoms with Crippen molar-refractivity contribution in [2.24, 2.45) is 5.73 Å². The Labute approximate surface area is 97.7 Å². The summed E-state index contributed by atoms with van der Waals surface area (Å²) in [6.07, 6.45) is 0.740. The van der Waals surface area contributed by atoms with E-state index in [9.17, 15) is 4.39 Å². The highest BCUT2D eigenvalue weighted by molar-refractivity contribution is 9.10. The van der Waals surface area contributed by atoms with E-state index in [2.05, 4.69) is 15.9 Å². The molecule has 0 aromatic heterocycles. The standard InChI is InChI=1S/C11H15BrFNO/c1-7(5-6-14)10-9(15-2)4-3-8(12)11(10)13/h3-4,7H,5-6,14H2,1-2H3. The number of benzene rings is 1. The molecule has 0 amide bonds. The first-order valence-electron chi connectivity index (χ1n) is 4.83. The van der Waals surface area contributed by atoms with Gasteiger partial charge in [-0.3, -0.25) is 0 Å². The molecule has 0 heterocycles. The molecular weight excluding hydrogens is 261 g/mol. The molecule has 0 aliphatic carbocycles. The van der Waals surface area contributed by atoms with Crippen LogP contribution in [0.15, 0.2) is 16.6 Å². The van der Waals surface area contributed by atoms with Gasteiger partial charge in [-0.05, 0) is 46.9 Å². The Kier molecular flexibility index (Phi) is 4.54. The summed E-state index contributed by atoms with van der Waals surface area (Å²) in [6, 6.07) is 3.41. The number of rotatable bonds is 4. The van der Waals surface area contributed by atoms with Crippen molar-refractivity contribution in [2.45, 2.75) is 19.3 Å². The Hall–Kier alpha value is -0.610. The maximum atomic E-state index is 13.9. The average molecular weight is 276 g/mol. The lowest BCUT2D eigenvalue weighted by Crippen LogP contribution is -2.08. The van der Waals surface area contributed by atoms with Crippen molar-refractivity contribution in [1.29, 1.82) is 0 Å². The number of methoxy groups -OCH3 is 1. The molecule has 2 nitrogen and oxygen atoms in total. The van der Waals surface area contributed by atoms with Crippen molar-refractivity contribution < 1.29 is 9.13 Å². The van der Waals surface area contributed by atoms with Crippen molar-refractivity contribution in [2.75, 3.05) is 13.7 Å². The van der Waals surface area contributed by atoms with Crippen LogP contribution in [-0.4, -0.2) is 13.7 Å². The number of hydrogen-bond acceptors (Lipinski definition) is 2. The molecular formula is C11H15BrFNO. The van der Waals surface area contributed by atoms with E-state index < -0.39 is 0 Å². The van der Waals surface area contributed by atoms with Crippen LogP contribution in [0.5, 0.6) is 5.75 Å². The molecule has 0 fully saturated rings. The minimum atomic E-state index is -0.254. The van der Waals surface area contributed by atoms with Gasteiger partial charge in [0, 0.05) is 5.56 Å². The molecule has 1 unspecified atom stereocenters. The largest absolute Gasteiger partial charge is 0.496 e. The lowest BCUT2D eigenvalue weighted by Gasteiger charge is -2.16. The fourth-order valence-corrected chi connectivity index (χ4v) is 1.93. The van der Waals surface area contributed by atoms with Gasteiger partial charge < -0.3 is 10.5 Å². The maximum Gasteiger partial charge on any atom is 0.144 e. The zero-order valence-electron chi connectivity index (χ0n) is 8.89. The smallest absolute Gasteiger partial charge is 0.144 e. The van der Waals surface area contributed by atoms with Gasteiger partial charge in [0.25, 0.3) is 0 Å². The van der Waals surface area contributed by atoms with Gasteiger partial charge in [-0.2, -0.15) is 0 Å². The quantitative estimate of drug-likeness (QED) is 0.917.